The maximum absolute atomic E-state index is 9.10. The van der Waals surface area contributed by atoms with Crippen molar-refractivity contribution in [3.8, 4) is 0 Å². The molecule has 0 bridgehead atoms. The molecular weight excluding hydrogens is 220 g/mol. The molecule has 0 aliphatic carbocycles. The number of nitrogens with zero attached hydrogens (tertiary/aromatic N) is 2. The van der Waals surface area contributed by atoms with Crippen molar-refractivity contribution in [3.05, 3.63) is 24.0 Å². The SMILES string of the molecule is N=C(N)c1ccncc1N1CCOC(CO)C1. The van der Waals surface area contributed by atoms with E-state index in [9.17, 15) is 0 Å². The van der Waals surface area contributed by atoms with E-state index in [-0.39, 0.29) is 18.5 Å². The molecule has 0 amide bonds. The summed E-state index contributed by atoms with van der Waals surface area (Å²) in [4.78, 5) is 6.09. The third-order valence-corrected chi connectivity index (χ3v) is 2.77. The molecule has 0 spiro atoms. The fourth-order valence-corrected chi connectivity index (χ4v) is 1.91. The maximum Gasteiger partial charge on any atom is 0.125 e. The third-order valence-electron chi connectivity index (χ3n) is 2.77. The number of hydrogen-bond acceptors (Lipinski definition) is 5. The van der Waals surface area contributed by atoms with Crippen molar-refractivity contribution < 1.29 is 9.84 Å². The molecule has 6 nitrogen and oxygen atoms in total. The number of nitrogens with two attached hydrogens (primary N) is 1. The van der Waals surface area contributed by atoms with Gasteiger partial charge < -0.3 is 20.5 Å². The Morgan fingerprint density at radius 2 is 2.53 bits per heavy atom. The summed E-state index contributed by atoms with van der Waals surface area (Å²) >= 11 is 0. The summed E-state index contributed by atoms with van der Waals surface area (Å²) in [7, 11) is 0. The second-order valence-corrected chi connectivity index (χ2v) is 3.93. The number of rotatable bonds is 3. The van der Waals surface area contributed by atoms with Gasteiger partial charge in [0.1, 0.15) is 5.84 Å². The van der Waals surface area contributed by atoms with Gasteiger partial charge >= 0.3 is 0 Å². The first-order valence-corrected chi connectivity index (χ1v) is 5.48. The Morgan fingerprint density at radius 3 is 3.24 bits per heavy atom. The monoisotopic (exact) mass is 236 g/mol. The Kier molecular flexibility index (Phi) is 3.55. The molecular formula is C11H16N4O2. The second-order valence-electron chi connectivity index (χ2n) is 3.93. The fourth-order valence-electron chi connectivity index (χ4n) is 1.91. The first kappa shape index (κ1) is 11.8. The summed E-state index contributed by atoms with van der Waals surface area (Å²) in [6.07, 6.45) is 3.12. The fraction of sp³-hybridized carbons (Fsp3) is 0.455. The molecule has 1 aromatic rings. The standard InChI is InChI=1S/C11H16N4O2/c12-11(13)9-1-2-14-5-10(9)15-3-4-17-8(6-15)7-16/h1-2,5,8,16H,3-4,6-7H2,(H3,12,13). The molecule has 4 N–H and O–H groups in total. The van der Waals surface area contributed by atoms with Crippen LogP contribution >= 0.6 is 0 Å². The van der Waals surface area contributed by atoms with Gasteiger partial charge in [-0.3, -0.25) is 10.4 Å². The minimum atomic E-state index is -0.191. The van der Waals surface area contributed by atoms with Gasteiger partial charge in [0.15, 0.2) is 0 Å². The van der Waals surface area contributed by atoms with Crippen LogP contribution in [-0.2, 0) is 4.74 Å². The van der Waals surface area contributed by atoms with Gasteiger partial charge in [-0.25, -0.2) is 0 Å². The van der Waals surface area contributed by atoms with Crippen molar-refractivity contribution in [2.24, 2.45) is 5.73 Å². The maximum atomic E-state index is 9.10. The summed E-state index contributed by atoms with van der Waals surface area (Å²) in [5, 5.41) is 16.6. The van der Waals surface area contributed by atoms with E-state index in [0.29, 0.717) is 25.3 Å². The van der Waals surface area contributed by atoms with Crippen molar-refractivity contribution in [3.63, 3.8) is 0 Å². The molecule has 1 aliphatic rings. The summed E-state index contributed by atoms with van der Waals surface area (Å²) in [5.74, 6) is 0.0226. The van der Waals surface area contributed by atoms with Gasteiger partial charge in [-0.15, -0.1) is 0 Å². The van der Waals surface area contributed by atoms with E-state index in [0.717, 1.165) is 5.69 Å². The van der Waals surface area contributed by atoms with E-state index in [2.05, 4.69) is 4.98 Å². The highest BCUT2D eigenvalue weighted by atomic mass is 16.5. The van der Waals surface area contributed by atoms with Crippen LogP contribution in [0.15, 0.2) is 18.5 Å². The zero-order valence-electron chi connectivity index (χ0n) is 9.47. The van der Waals surface area contributed by atoms with Crippen LogP contribution in [0.25, 0.3) is 0 Å². The van der Waals surface area contributed by atoms with Crippen molar-refractivity contribution >= 4 is 11.5 Å². The second kappa shape index (κ2) is 5.11. The number of aliphatic hydroxyl groups is 1. The van der Waals surface area contributed by atoms with Crippen molar-refractivity contribution in [1.82, 2.24) is 4.98 Å². The summed E-state index contributed by atoms with van der Waals surface area (Å²) in [6.45, 7) is 1.84. The van der Waals surface area contributed by atoms with Crippen molar-refractivity contribution in [1.29, 1.82) is 5.41 Å². The van der Waals surface area contributed by atoms with Gasteiger partial charge in [0.2, 0.25) is 0 Å². The first-order valence-electron chi connectivity index (χ1n) is 5.48. The number of nitrogen functional groups attached to an aromatic ring is 1. The Hall–Kier alpha value is -1.66. The molecule has 2 heterocycles. The quantitative estimate of drug-likeness (QED) is 0.488. The average molecular weight is 236 g/mol. The number of pyridine rings is 1. The lowest BCUT2D eigenvalue weighted by Crippen LogP contribution is -2.44. The molecule has 1 atom stereocenters. The highest BCUT2D eigenvalue weighted by Crippen LogP contribution is 2.21. The predicted octanol–water partition coefficient (Wildman–Crippen LogP) is -0.437. The number of hydrogen-bond donors (Lipinski definition) is 3. The number of amidine groups is 1. The first-order chi connectivity index (χ1) is 8.22. The predicted molar refractivity (Wildman–Crippen MR) is 64.3 cm³/mol. The topological polar surface area (TPSA) is 95.5 Å². The normalized spacial score (nSPS) is 20.3. The molecule has 0 radical (unpaired) electrons. The minimum Gasteiger partial charge on any atom is -0.394 e. The molecule has 0 saturated carbocycles. The van der Waals surface area contributed by atoms with Gasteiger partial charge in [-0.05, 0) is 6.07 Å². The Bertz CT molecular complexity index is 410. The number of anilines is 1. The molecule has 2 rings (SSSR count). The summed E-state index contributed by atoms with van der Waals surface area (Å²) in [5.41, 5.74) is 7.02. The lowest BCUT2D eigenvalue weighted by molar-refractivity contribution is 0.00354. The Balaban J connectivity index is 2.24. The smallest absolute Gasteiger partial charge is 0.125 e. The molecule has 1 saturated heterocycles. The largest absolute Gasteiger partial charge is 0.394 e. The molecule has 0 aromatic carbocycles. The molecule has 1 aromatic heterocycles. The van der Waals surface area contributed by atoms with E-state index in [1.165, 1.54) is 0 Å². The van der Waals surface area contributed by atoms with Crippen LogP contribution in [0.2, 0.25) is 0 Å². The molecule has 1 aliphatic heterocycles. The highest BCUT2D eigenvalue weighted by molar-refractivity contribution is 6.00. The van der Waals surface area contributed by atoms with E-state index < -0.39 is 0 Å². The van der Waals surface area contributed by atoms with E-state index in [4.69, 9.17) is 21.0 Å². The van der Waals surface area contributed by atoms with Crippen LogP contribution in [-0.4, -0.2) is 48.3 Å². The van der Waals surface area contributed by atoms with E-state index in [1.54, 1.807) is 18.5 Å². The lowest BCUT2D eigenvalue weighted by Gasteiger charge is -2.34. The number of morpholine rings is 1. The molecule has 17 heavy (non-hydrogen) atoms. The zero-order chi connectivity index (χ0) is 12.3. The minimum absolute atomic E-state index is 0.00777. The third kappa shape index (κ3) is 2.54. The number of aromatic nitrogens is 1. The van der Waals surface area contributed by atoms with Crippen molar-refractivity contribution in [2.45, 2.75) is 6.10 Å². The van der Waals surface area contributed by atoms with Gasteiger partial charge in [-0.1, -0.05) is 0 Å². The number of aliphatic hydroxyl groups excluding tert-OH is 1. The zero-order valence-corrected chi connectivity index (χ0v) is 9.47. The Morgan fingerprint density at radius 1 is 1.71 bits per heavy atom. The highest BCUT2D eigenvalue weighted by Gasteiger charge is 2.22. The van der Waals surface area contributed by atoms with Crippen LogP contribution < -0.4 is 10.6 Å². The van der Waals surface area contributed by atoms with Gasteiger partial charge in [0.05, 0.1) is 31.2 Å². The molecule has 92 valence electrons. The Labute approximate surface area is 99.5 Å². The number of nitrogens with one attached hydrogen (secondary N) is 1. The van der Waals surface area contributed by atoms with Crippen LogP contribution in [0.1, 0.15) is 5.56 Å². The van der Waals surface area contributed by atoms with Gasteiger partial charge in [-0.2, -0.15) is 0 Å². The molecule has 1 fully saturated rings. The average Bonchev–Trinajstić information content (AvgIpc) is 2.39. The molecule has 6 heteroatoms. The molecule has 1 unspecified atom stereocenters. The van der Waals surface area contributed by atoms with E-state index >= 15 is 0 Å². The summed E-state index contributed by atoms with van der Waals surface area (Å²) < 4.78 is 5.38. The van der Waals surface area contributed by atoms with Crippen molar-refractivity contribution in [2.75, 3.05) is 31.2 Å². The van der Waals surface area contributed by atoms with Crippen LogP contribution in [0.3, 0.4) is 0 Å². The lowest BCUT2D eigenvalue weighted by atomic mass is 10.1. The van der Waals surface area contributed by atoms with Crippen LogP contribution in [0, 0.1) is 5.41 Å². The van der Waals surface area contributed by atoms with Gasteiger partial charge in [0.25, 0.3) is 0 Å². The van der Waals surface area contributed by atoms with Crippen LogP contribution in [0.5, 0.6) is 0 Å². The van der Waals surface area contributed by atoms with E-state index in [1.807, 2.05) is 4.90 Å². The summed E-state index contributed by atoms with van der Waals surface area (Å²) in [6, 6.07) is 1.72. The number of ether oxygens (including phenoxy) is 1. The van der Waals surface area contributed by atoms with Gasteiger partial charge in [0, 0.05) is 24.8 Å². The van der Waals surface area contributed by atoms with Crippen LogP contribution in [0.4, 0.5) is 5.69 Å².